The first kappa shape index (κ1) is 11.1. The van der Waals surface area contributed by atoms with Gasteiger partial charge in [0.15, 0.2) is 0 Å². The third-order valence-electron chi connectivity index (χ3n) is 3.27. The van der Waals surface area contributed by atoms with Crippen molar-refractivity contribution in [2.75, 3.05) is 13.1 Å². The Bertz CT molecular complexity index is 406. The van der Waals surface area contributed by atoms with Crippen LogP contribution in [0.5, 0.6) is 0 Å². The highest BCUT2D eigenvalue weighted by Crippen LogP contribution is 2.43. The fraction of sp³-hybridized carbons (Fsp3) is 0.636. The summed E-state index contributed by atoms with van der Waals surface area (Å²) in [4.78, 5) is 11.9. The average Bonchev–Trinajstić information content (AvgIpc) is 2.96. The Hall–Kier alpha value is -1.36. The Morgan fingerprint density at radius 3 is 2.81 bits per heavy atom. The second-order valence-corrected chi connectivity index (χ2v) is 4.69. The van der Waals surface area contributed by atoms with Gasteiger partial charge in [-0.2, -0.15) is 5.10 Å². The van der Waals surface area contributed by atoms with E-state index in [2.05, 4.69) is 10.4 Å². The summed E-state index contributed by atoms with van der Waals surface area (Å²) in [5.74, 6) is -0.0506. The molecule has 16 heavy (non-hydrogen) atoms. The van der Waals surface area contributed by atoms with Crippen molar-refractivity contribution in [1.29, 1.82) is 0 Å². The van der Waals surface area contributed by atoms with E-state index in [4.69, 9.17) is 5.73 Å². The second-order valence-electron chi connectivity index (χ2n) is 4.69. The summed E-state index contributed by atoms with van der Waals surface area (Å²) in [6.07, 6.45) is 3.98. The third-order valence-corrected chi connectivity index (χ3v) is 3.27. The SMILES string of the molecule is Cc1nn(C)cc1C(=O)NCC1(CN)CC1. The number of nitrogens with two attached hydrogens (primary N) is 1. The minimum absolute atomic E-state index is 0.0506. The highest BCUT2D eigenvalue weighted by molar-refractivity contribution is 5.95. The first-order valence-electron chi connectivity index (χ1n) is 5.55. The molecule has 0 unspecified atom stereocenters. The number of aromatic nitrogens is 2. The molecule has 1 saturated carbocycles. The molecule has 1 aromatic rings. The summed E-state index contributed by atoms with van der Waals surface area (Å²) in [5, 5.41) is 7.08. The third kappa shape index (κ3) is 2.09. The molecule has 5 nitrogen and oxygen atoms in total. The largest absolute Gasteiger partial charge is 0.351 e. The number of amides is 1. The standard InChI is InChI=1S/C11H18N4O/c1-8-9(5-15(2)14-8)10(16)13-7-11(6-12)3-4-11/h5H,3-4,6-7,12H2,1-2H3,(H,13,16). The quantitative estimate of drug-likeness (QED) is 0.764. The molecule has 0 radical (unpaired) electrons. The second kappa shape index (κ2) is 3.90. The summed E-state index contributed by atoms with van der Waals surface area (Å²) < 4.78 is 1.65. The molecule has 88 valence electrons. The van der Waals surface area contributed by atoms with E-state index in [0.717, 1.165) is 18.5 Å². The number of nitrogens with zero attached hydrogens (tertiary/aromatic N) is 2. The van der Waals surface area contributed by atoms with Gasteiger partial charge < -0.3 is 11.1 Å². The van der Waals surface area contributed by atoms with Crippen LogP contribution >= 0.6 is 0 Å². The van der Waals surface area contributed by atoms with Gasteiger partial charge in [0, 0.05) is 25.2 Å². The van der Waals surface area contributed by atoms with Crippen molar-refractivity contribution in [1.82, 2.24) is 15.1 Å². The molecule has 1 amide bonds. The van der Waals surface area contributed by atoms with E-state index in [1.54, 1.807) is 10.9 Å². The zero-order chi connectivity index (χ0) is 11.8. The number of hydrogen-bond donors (Lipinski definition) is 2. The van der Waals surface area contributed by atoms with Gasteiger partial charge in [0.2, 0.25) is 0 Å². The number of hydrogen-bond acceptors (Lipinski definition) is 3. The summed E-state index contributed by atoms with van der Waals surface area (Å²) in [5.41, 5.74) is 7.24. The topological polar surface area (TPSA) is 72.9 Å². The molecule has 1 aliphatic carbocycles. The molecule has 0 spiro atoms. The monoisotopic (exact) mass is 222 g/mol. The van der Waals surface area contributed by atoms with E-state index in [-0.39, 0.29) is 11.3 Å². The van der Waals surface area contributed by atoms with Crippen LogP contribution in [-0.4, -0.2) is 28.8 Å². The predicted molar refractivity (Wildman–Crippen MR) is 61.0 cm³/mol. The first-order valence-corrected chi connectivity index (χ1v) is 5.55. The van der Waals surface area contributed by atoms with Crippen molar-refractivity contribution in [3.8, 4) is 0 Å². The van der Waals surface area contributed by atoms with E-state index >= 15 is 0 Å². The maximum atomic E-state index is 11.9. The number of nitrogens with one attached hydrogen (secondary N) is 1. The lowest BCUT2D eigenvalue weighted by atomic mass is 10.1. The number of aryl methyl sites for hydroxylation is 2. The van der Waals surface area contributed by atoms with Crippen LogP contribution in [0.15, 0.2) is 6.20 Å². The molecule has 3 N–H and O–H groups in total. The van der Waals surface area contributed by atoms with Gasteiger partial charge in [0.25, 0.3) is 5.91 Å². The van der Waals surface area contributed by atoms with E-state index in [1.807, 2.05) is 14.0 Å². The number of rotatable bonds is 4. The van der Waals surface area contributed by atoms with E-state index < -0.39 is 0 Å². The molecule has 1 heterocycles. The van der Waals surface area contributed by atoms with Crippen LogP contribution in [0.3, 0.4) is 0 Å². The van der Waals surface area contributed by atoms with Gasteiger partial charge in [0.05, 0.1) is 11.3 Å². The molecule has 0 atom stereocenters. The van der Waals surface area contributed by atoms with Crippen molar-refractivity contribution in [2.24, 2.45) is 18.2 Å². The lowest BCUT2D eigenvalue weighted by Gasteiger charge is -2.12. The van der Waals surface area contributed by atoms with Crippen molar-refractivity contribution in [2.45, 2.75) is 19.8 Å². The zero-order valence-electron chi connectivity index (χ0n) is 9.79. The summed E-state index contributed by atoms with van der Waals surface area (Å²) in [7, 11) is 1.81. The Balaban J connectivity index is 1.96. The van der Waals surface area contributed by atoms with Crippen LogP contribution in [-0.2, 0) is 7.05 Å². The lowest BCUT2D eigenvalue weighted by molar-refractivity contribution is 0.0945. The summed E-state index contributed by atoms with van der Waals surface area (Å²) >= 11 is 0. The minimum Gasteiger partial charge on any atom is -0.351 e. The molecule has 1 aliphatic rings. The van der Waals surface area contributed by atoms with Crippen LogP contribution in [0.25, 0.3) is 0 Å². The molecule has 1 aromatic heterocycles. The van der Waals surface area contributed by atoms with Gasteiger partial charge >= 0.3 is 0 Å². The molecule has 0 saturated heterocycles. The lowest BCUT2D eigenvalue weighted by Crippen LogP contribution is -2.34. The minimum atomic E-state index is -0.0506. The van der Waals surface area contributed by atoms with Crippen LogP contribution in [0, 0.1) is 12.3 Å². The molecule has 2 rings (SSSR count). The van der Waals surface area contributed by atoms with Crippen LogP contribution in [0.1, 0.15) is 28.9 Å². The van der Waals surface area contributed by atoms with E-state index in [1.165, 1.54) is 0 Å². The first-order chi connectivity index (χ1) is 7.56. The molecule has 5 heteroatoms. The summed E-state index contributed by atoms with van der Waals surface area (Å²) in [6, 6.07) is 0. The maximum Gasteiger partial charge on any atom is 0.254 e. The van der Waals surface area contributed by atoms with Crippen molar-refractivity contribution in [3.63, 3.8) is 0 Å². The highest BCUT2D eigenvalue weighted by atomic mass is 16.1. The molecular weight excluding hydrogens is 204 g/mol. The van der Waals surface area contributed by atoms with Gasteiger partial charge in [-0.05, 0) is 26.3 Å². The average molecular weight is 222 g/mol. The summed E-state index contributed by atoms with van der Waals surface area (Å²) in [6.45, 7) is 3.17. The maximum absolute atomic E-state index is 11.9. The van der Waals surface area contributed by atoms with Gasteiger partial charge in [-0.1, -0.05) is 0 Å². The highest BCUT2D eigenvalue weighted by Gasteiger charge is 2.41. The molecule has 0 aliphatic heterocycles. The smallest absolute Gasteiger partial charge is 0.254 e. The number of carbonyl (C=O) groups excluding carboxylic acids is 1. The number of carbonyl (C=O) groups is 1. The Labute approximate surface area is 95.0 Å². The fourth-order valence-electron chi connectivity index (χ4n) is 1.82. The fourth-order valence-corrected chi connectivity index (χ4v) is 1.82. The van der Waals surface area contributed by atoms with Gasteiger partial charge in [-0.3, -0.25) is 9.48 Å². The molecule has 1 fully saturated rings. The van der Waals surface area contributed by atoms with Crippen molar-refractivity contribution < 1.29 is 4.79 Å². The Morgan fingerprint density at radius 2 is 2.38 bits per heavy atom. The van der Waals surface area contributed by atoms with E-state index in [9.17, 15) is 4.79 Å². The van der Waals surface area contributed by atoms with Crippen molar-refractivity contribution in [3.05, 3.63) is 17.5 Å². The normalized spacial score (nSPS) is 17.2. The predicted octanol–water partition coefficient (Wildman–Crippen LogP) is 0.197. The Kier molecular flexibility index (Phi) is 2.71. The molecule has 0 aromatic carbocycles. The van der Waals surface area contributed by atoms with Gasteiger partial charge in [-0.15, -0.1) is 0 Å². The van der Waals surface area contributed by atoms with Crippen LogP contribution in [0.4, 0.5) is 0 Å². The molecule has 0 bridgehead atoms. The van der Waals surface area contributed by atoms with Crippen molar-refractivity contribution >= 4 is 5.91 Å². The Morgan fingerprint density at radius 1 is 1.69 bits per heavy atom. The van der Waals surface area contributed by atoms with Gasteiger partial charge in [-0.25, -0.2) is 0 Å². The zero-order valence-corrected chi connectivity index (χ0v) is 9.79. The van der Waals surface area contributed by atoms with E-state index in [0.29, 0.717) is 18.7 Å². The van der Waals surface area contributed by atoms with Crippen LogP contribution < -0.4 is 11.1 Å². The van der Waals surface area contributed by atoms with Crippen LogP contribution in [0.2, 0.25) is 0 Å². The molecular formula is C11H18N4O. The van der Waals surface area contributed by atoms with Gasteiger partial charge in [0.1, 0.15) is 0 Å².